The molecule has 0 aliphatic heterocycles. The van der Waals surface area contributed by atoms with Gasteiger partial charge in [0.15, 0.2) is 16.7 Å². The van der Waals surface area contributed by atoms with Crippen molar-refractivity contribution >= 4 is 22.7 Å². The summed E-state index contributed by atoms with van der Waals surface area (Å²) < 4.78 is 11.5. The van der Waals surface area contributed by atoms with Gasteiger partial charge in [0.1, 0.15) is 24.3 Å². The van der Waals surface area contributed by atoms with Crippen molar-refractivity contribution in [3.63, 3.8) is 0 Å². The van der Waals surface area contributed by atoms with E-state index in [1.165, 1.54) is 24.4 Å². The highest BCUT2D eigenvalue weighted by Crippen LogP contribution is 2.36. The lowest BCUT2D eigenvalue weighted by Gasteiger charge is -2.12. The molecule has 0 spiro atoms. The number of ether oxygens (including phenoxy) is 2. The molecule has 0 bridgehead atoms. The Balaban J connectivity index is 1.67. The molecule has 7 nitrogen and oxygen atoms in total. The average Bonchev–Trinajstić information content (AvgIpc) is 3.20. The van der Waals surface area contributed by atoms with Gasteiger partial charge < -0.3 is 9.47 Å². The van der Waals surface area contributed by atoms with Crippen LogP contribution < -0.4 is 9.47 Å². The van der Waals surface area contributed by atoms with Gasteiger partial charge in [-0.05, 0) is 23.4 Å². The molecule has 2 heterocycles. The van der Waals surface area contributed by atoms with Crippen LogP contribution >= 0.6 is 11.8 Å². The Labute approximate surface area is 153 Å². The normalized spacial score (nSPS) is 10.8. The predicted molar refractivity (Wildman–Crippen MR) is 97.4 cm³/mol. The summed E-state index contributed by atoms with van der Waals surface area (Å²) in [5, 5.41) is 8.95. The number of aromatic nitrogens is 5. The highest BCUT2D eigenvalue weighted by Gasteiger charge is 2.13. The van der Waals surface area contributed by atoms with E-state index in [-0.39, 0.29) is 0 Å². The van der Waals surface area contributed by atoms with Crippen LogP contribution in [-0.2, 0) is 6.61 Å². The SMILES string of the molecule is COc1cc2c(Sc3ncn[nH]3)ncnc2cc1OCc1ccccc1. The number of nitrogens with zero attached hydrogens (tertiary/aromatic N) is 4. The van der Waals surface area contributed by atoms with Crippen LogP contribution in [0.15, 0.2) is 65.3 Å². The number of benzene rings is 2. The number of H-pyrrole nitrogens is 1. The first-order valence-corrected chi connectivity index (χ1v) is 8.68. The van der Waals surface area contributed by atoms with E-state index >= 15 is 0 Å². The number of hydrogen-bond acceptors (Lipinski definition) is 7. The molecule has 0 amide bonds. The minimum absolute atomic E-state index is 0.452. The van der Waals surface area contributed by atoms with E-state index in [1.807, 2.05) is 42.5 Å². The van der Waals surface area contributed by atoms with Crippen molar-refractivity contribution < 1.29 is 9.47 Å². The third-order valence-electron chi connectivity index (χ3n) is 3.71. The summed E-state index contributed by atoms with van der Waals surface area (Å²) >= 11 is 1.38. The Morgan fingerprint density at radius 1 is 1.00 bits per heavy atom. The number of aromatic amines is 1. The maximum Gasteiger partial charge on any atom is 0.189 e. The van der Waals surface area contributed by atoms with Crippen LogP contribution in [0.4, 0.5) is 0 Å². The van der Waals surface area contributed by atoms with E-state index < -0.39 is 0 Å². The van der Waals surface area contributed by atoms with Crippen LogP contribution in [-0.4, -0.2) is 32.3 Å². The molecule has 4 aromatic rings. The largest absolute Gasteiger partial charge is 0.493 e. The van der Waals surface area contributed by atoms with E-state index in [2.05, 4.69) is 25.1 Å². The van der Waals surface area contributed by atoms with Crippen molar-refractivity contribution in [2.75, 3.05) is 7.11 Å². The van der Waals surface area contributed by atoms with Gasteiger partial charge in [0.2, 0.25) is 0 Å². The number of methoxy groups -OCH3 is 1. The molecule has 2 aromatic heterocycles. The zero-order valence-corrected chi connectivity index (χ0v) is 14.7. The lowest BCUT2D eigenvalue weighted by Crippen LogP contribution is -1.98. The molecular weight excluding hydrogens is 350 g/mol. The highest BCUT2D eigenvalue weighted by atomic mass is 32.2. The minimum Gasteiger partial charge on any atom is -0.493 e. The fourth-order valence-electron chi connectivity index (χ4n) is 2.46. The Kier molecular flexibility index (Phi) is 4.65. The van der Waals surface area contributed by atoms with Crippen molar-refractivity contribution in [3.8, 4) is 11.5 Å². The van der Waals surface area contributed by atoms with Gasteiger partial charge in [-0.3, -0.25) is 5.10 Å². The quantitative estimate of drug-likeness (QED) is 0.523. The molecule has 0 fully saturated rings. The molecule has 0 saturated heterocycles. The Morgan fingerprint density at radius 3 is 2.65 bits per heavy atom. The summed E-state index contributed by atoms with van der Waals surface area (Å²) in [5.74, 6) is 1.26. The van der Waals surface area contributed by atoms with Crippen LogP contribution in [0.5, 0.6) is 11.5 Å². The summed E-state index contributed by atoms with van der Waals surface area (Å²) in [6.45, 7) is 0.452. The standard InChI is InChI=1S/C18H15N5O2S/c1-24-15-7-13-14(8-16(15)25-9-12-5-3-2-4-6-12)19-10-20-17(13)26-18-21-11-22-23-18/h2-8,10-11H,9H2,1H3,(H,21,22,23). The Morgan fingerprint density at radius 2 is 1.88 bits per heavy atom. The van der Waals surface area contributed by atoms with Gasteiger partial charge in [-0.2, -0.15) is 5.10 Å². The van der Waals surface area contributed by atoms with Gasteiger partial charge in [-0.1, -0.05) is 30.3 Å². The topological polar surface area (TPSA) is 85.8 Å². The Bertz CT molecular complexity index is 1010. The molecule has 1 N–H and O–H groups in total. The number of hydrogen-bond donors (Lipinski definition) is 1. The molecule has 2 aromatic carbocycles. The number of rotatable bonds is 6. The van der Waals surface area contributed by atoms with E-state index in [0.717, 1.165) is 21.5 Å². The average molecular weight is 365 g/mol. The van der Waals surface area contributed by atoms with Gasteiger partial charge in [0.05, 0.1) is 12.6 Å². The number of fused-ring (bicyclic) bond motifs is 1. The molecule has 0 aliphatic rings. The monoisotopic (exact) mass is 365 g/mol. The maximum absolute atomic E-state index is 5.95. The first kappa shape index (κ1) is 16.3. The molecule has 0 unspecified atom stereocenters. The molecule has 130 valence electrons. The van der Waals surface area contributed by atoms with E-state index in [4.69, 9.17) is 9.47 Å². The minimum atomic E-state index is 0.452. The molecular formula is C18H15N5O2S. The van der Waals surface area contributed by atoms with Crippen molar-refractivity contribution in [2.24, 2.45) is 0 Å². The summed E-state index contributed by atoms with van der Waals surface area (Å²) in [6.07, 6.45) is 2.98. The zero-order chi connectivity index (χ0) is 17.8. The predicted octanol–water partition coefficient (Wildman–Crippen LogP) is 3.49. The zero-order valence-electron chi connectivity index (χ0n) is 13.9. The first-order valence-electron chi connectivity index (χ1n) is 7.86. The third kappa shape index (κ3) is 3.45. The molecule has 0 saturated carbocycles. The second-order valence-electron chi connectivity index (χ2n) is 5.37. The van der Waals surface area contributed by atoms with Crippen LogP contribution in [0.25, 0.3) is 10.9 Å². The summed E-state index contributed by atoms with van der Waals surface area (Å²) in [7, 11) is 1.61. The number of nitrogens with one attached hydrogen (secondary N) is 1. The van der Waals surface area contributed by atoms with E-state index in [1.54, 1.807) is 7.11 Å². The van der Waals surface area contributed by atoms with E-state index in [0.29, 0.717) is 23.3 Å². The molecule has 0 atom stereocenters. The van der Waals surface area contributed by atoms with Gasteiger partial charge in [-0.15, -0.1) is 0 Å². The molecule has 26 heavy (non-hydrogen) atoms. The van der Waals surface area contributed by atoms with Crippen molar-refractivity contribution in [1.29, 1.82) is 0 Å². The highest BCUT2D eigenvalue weighted by molar-refractivity contribution is 7.99. The van der Waals surface area contributed by atoms with E-state index in [9.17, 15) is 0 Å². The molecule has 4 rings (SSSR count). The fraction of sp³-hybridized carbons (Fsp3) is 0.111. The van der Waals surface area contributed by atoms with Crippen LogP contribution in [0.3, 0.4) is 0 Å². The second-order valence-corrected chi connectivity index (χ2v) is 6.34. The summed E-state index contributed by atoms with van der Waals surface area (Å²) in [5.41, 5.74) is 1.85. The summed E-state index contributed by atoms with van der Waals surface area (Å²) in [6, 6.07) is 13.7. The summed E-state index contributed by atoms with van der Waals surface area (Å²) in [4.78, 5) is 12.8. The van der Waals surface area contributed by atoms with Crippen molar-refractivity contribution in [2.45, 2.75) is 16.8 Å². The van der Waals surface area contributed by atoms with Crippen molar-refractivity contribution in [3.05, 3.63) is 60.7 Å². The first-order chi connectivity index (χ1) is 12.8. The lowest BCUT2D eigenvalue weighted by molar-refractivity contribution is 0.285. The smallest absolute Gasteiger partial charge is 0.189 e. The van der Waals surface area contributed by atoms with Crippen LogP contribution in [0, 0.1) is 0 Å². The van der Waals surface area contributed by atoms with Gasteiger partial charge >= 0.3 is 0 Å². The third-order valence-corrected chi connectivity index (χ3v) is 4.62. The van der Waals surface area contributed by atoms with Gasteiger partial charge in [0, 0.05) is 11.5 Å². The van der Waals surface area contributed by atoms with Gasteiger partial charge in [0.25, 0.3) is 0 Å². The Hall–Kier alpha value is -3.13. The fourth-order valence-corrected chi connectivity index (χ4v) is 3.22. The van der Waals surface area contributed by atoms with Crippen LogP contribution in [0.1, 0.15) is 5.56 Å². The molecule has 0 radical (unpaired) electrons. The lowest BCUT2D eigenvalue weighted by atomic mass is 10.2. The molecule has 8 heteroatoms. The van der Waals surface area contributed by atoms with Crippen molar-refractivity contribution in [1.82, 2.24) is 25.1 Å². The second kappa shape index (κ2) is 7.40. The van der Waals surface area contributed by atoms with Gasteiger partial charge in [-0.25, -0.2) is 15.0 Å². The maximum atomic E-state index is 5.95. The van der Waals surface area contributed by atoms with Crippen LogP contribution in [0.2, 0.25) is 0 Å². The molecule has 0 aliphatic carbocycles.